The zero-order valence-corrected chi connectivity index (χ0v) is 22.6. The fraction of sp³-hybridized carbons (Fsp3) is 0.520. The number of thioether (sulfide) groups is 1. The summed E-state index contributed by atoms with van der Waals surface area (Å²) in [5, 5.41) is 17.1. The van der Waals surface area contributed by atoms with E-state index in [1.807, 2.05) is 6.26 Å². The normalized spacial score (nSPS) is 17.0. The molecule has 1 saturated heterocycles. The molecule has 0 unspecified atom stereocenters. The second-order valence-corrected chi connectivity index (χ2v) is 10.1. The molecule has 0 spiro atoms. The highest BCUT2D eigenvalue weighted by Crippen LogP contribution is 2.20. The molecular weight excluding hydrogens is 528 g/mol. The Bertz CT molecular complexity index is 1040. The van der Waals surface area contributed by atoms with Crippen molar-refractivity contribution in [2.24, 2.45) is 11.5 Å². The van der Waals surface area contributed by atoms with Crippen LogP contribution in [0.4, 0.5) is 0 Å². The minimum absolute atomic E-state index is 0.0500. The van der Waals surface area contributed by atoms with E-state index in [4.69, 9.17) is 11.5 Å². The van der Waals surface area contributed by atoms with Crippen molar-refractivity contribution >= 4 is 47.3 Å². The Hall–Kier alpha value is -3.65. The van der Waals surface area contributed by atoms with Gasteiger partial charge in [-0.25, -0.2) is 4.79 Å². The van der Waals surface area contributed by atoms with Gasteiger partial charge >= 0.3 is 5.97 Å². The summed E-state index contributed by atoms with van der Waals surface area (Å²) in [5.74, 6) is -4.23. The minimum atomic E-state index is -1.44. The largest absolute Gasteiger partial charge is 0.480 e. The summed E-state index contributed by atoms with van der Waals surface area (Å²) in [4.78, 5) is 76.3. The molecule has 1 aromatic carbocycles. The highest BCUT2D eigenvalue weighted by molar-refractivity contribution is 7.98. The zero-order valence-electron chi connectivity index (χ0n) is 21.8. The molecule has 13 nitrogen and oxygen atoms in total. The summed E-state index contributed by atoms with van der Waals surface area (Å²) in [6.45, 7) is -0.123. The predicted octanol–water partition coefficient (Wildman–Crippen LogP) is -1.65. The van der Waals surface area contributed by atoms with Gasteiger partial charge < -0.3 is 37.4 Å². The third kappa shape index (κ3) is 9.87. The molecule has 4 atom stereocenters. The van der Waals surface area contributed by atoms with E-state index in [9.17, 15) is 33.9 Å². The number of likely N-dealkylation sites (tertiary alicyclic amines) is 1. The molecule has 0 saturated carbocycles. The number of hydrogen-bond donors (Lipinski definition) is 6. The lowest BCUT2D eigenvalue weighted by Crippen LogP contribution is -2.59. The van der Waals surface area contributed by atoms with Crippen molar-refractivity contribution in [2.45, 2.75) is 56.3 Å². The SMILES string of the molecule is CSCC[C@H](NC(=O)CN)C(=O)N[C@@H](CC(N)=O)C(=O)N[C@@H](Cc1ccccc1)C(=O)N1CCC[C@H]1C(=O)O. The van der Waals surface area contributed by atoms with Crippen LogP contribution in [0.1, 0.15) is 31.2 Å². The van der Waals surface area contributed by atoms with Crippen LogP contribution < -0.4 is 27.4 Å². The number of rotatable bonds is 15. The maximum Gasteiger partial charge on any atom is 0.326 e. The van der Waals surface area contributed by atoms with Crippen molar-refractivity contribution in [3.63, 3.8) is 0 Å². The molecule has 8 N–H and O–H groups in total. The van der Waals surface area contributed by atoms with E-state index in [2.05, 4.69) is 16.0 Å². The van der Waals surface area contributed by atoms with Gasteiger partial charge in [0.2, 0.25) is 29.5 Å². The molecule has 0 radical (unpaired) electrons. The third-order valence-corrected chi connectivity index (χ3v) is 6.85. The smallest absolute Gasteiger partial charge is 0.326 e. The van der Waals surface area contributed by atoms with Gasteiger partial charge in [-0.3, -0.25) is 24.0 Å². The lowest BCUT2D eigenvalue weighted by Gasteiger charge is -2.29. The van der Waals surface area contributed by atoms with E-state index >= 15 is 0 Å². The Balaban J connectivity index is 2.27. The van der Waals surface area contributed by atoms with Gasteiger partial charge in [-0.1, -0.05) is 30.3 Å². The van der Waals surface area contributed by atoms with Crippen molar-refractivity contribution in [1.29, 1.82) is 0 Å². The standard InChI is InChI=1S/C25H36N6O7S/c1-39-11-9-16(28-21(33)14-26)22(34)29-17(13-20(27)32)23(35)30-18(12-15-6-3-2-4-7-15)24(36)31-10-5-8-19(31)25(37)38/h2-4,6-7,16-19H,5,8-14,26H2,1H3,(H2,27,32)(H,28,33)(H,29,34)(H,30,35)(H,37,38)/t16-,17-,18-,19-/m0/s1. The Labute approximate surface area is 230 Å². The molecule has 2 rings (SSSR count). The van der Waals surface area contributed by atoms with Gasteiger partial charge in [0.1, 0.15) is 24.2 Å². The summed E-state index contributed by atoms with van der Waals surface area (Å²) < 4.78 is 0. The Morgan fingerprint density at radius 1 is 1.03 bits per heavy atom. The average Bonchev–Trinajstić information content (AvgIpc) is 3.40. The first-order valence-corrected chi connectivity index (χ1v) is 13.9. The highest BCUT2D eigenvalue weighted by Gasteiger charge is 2.38. The number of carboxylic acids is 1. The number of hydrogen-bond acceptors (Lipinski definition) is 8. The van der Waals surface area contributed by atoms with Crippen LogP contribution in [0.5, 0.6) is 0 Å². The summed E-state index contributed by atoms with van der Waals surface area (Å²) in [6, 6.07) is 4.17. The van der Waals surface area contributed by atoms with E-state index in [0.717, 1.165) is 0 Å². The van der Waals surface area contributed by atoms with Gasteiger partial charge in [0.15, 0.2) is 0 Å². The Kier molecular flexibility index (Phi) is 12.7. The number of primary amides is 1. The Morgan fingerprint density at radius 3 is 2.26 bits per heavy atom. The summed E-state index contributed by atoms with van der Waals surface area (Å²) in [5.41, 5.74) is 11.4. The molecule has 1 aromatic rings. The number of nitrogens with two attached hydrogens (primary N) is 2. The summed E-state index contributed by atoms with van der Waals surface area (Å²) in [6.07, 6.45) is 2.34. The van der Waals surface area contributed by atoms with Crippen molar-refractivity contribution in [3.05, 3.63) is 35.9 Å². The third-order valence-electron chi connectivity index (χ3n) is 6.20. The van der Waals surface area contributed by atoms with Gasteiger partial charge in [-0.15, -0.1) is 0 Å². The lowest BCUT2D eigenvalue weighted by molar-refractivity contribution is -0.149. The number of carboxylic acid groups (broad SMARTS) is 1. The molecule has 0 aromatic heterocycles. The number of amides is 5. The molecule has 214 valence electrons. The molecule has 0 aliphatic carbocycles. The second-order valence-electron chi connectivity index (χ2n) is 9.12. The number of nitrogens with one attached hydrogen (secondary N) is 3. The van der Waals surface area contributed by atoms with Crippen LogP contribution in [-0.4, -0.2) is 94.8 Å². The molecule has 1 aliphatic rings. The van der Waals surface area contributed by atoms with Gasteiger partial charge in [0.05, 0.1) is 13.0 Å². The maximum absolute atomic E-state index is 13.5. The fourth-order valence-corrected chi connectivity index (χ4v) is 4.72. The number of benzene rings is 1. The van der Waals surface area contributed by atoms with Crippen molar-refractivity contribution in [1.82, 2.24) is 20.9 Å². The summed E-state index contributed by atoms with van der Waals surface area (Å²) >= 11 is 1.44. The lowest BCUT2D eigenvalue weighted by atomic mass is 10.0. The molecule has 1 aliphatic heterocycles. The minimum Gasteiger partial charge on any atom is -0.480 e. The van der Waals surface area contributed by atoms with Crippen molar-refractivity contribution in [2.75, 3.05) is 25.1 Å². The average molecular weight is 565 g/mol. The first kappa shape index (κ1) is 31.6. The van der Waals surface area contributed by atoms with E-state index in [1.54, 1.807) is 30.3 Å². The first-order chi connectivity index (χ1) is 18.6. The zero-order chi connectivity index (χ0) is 28.9. The quantitative estimate of drug-likeness (QED) is 0.144. The van der Waals surface area contributed by atoms with E-state index < -0.39 is 66.1 Å². The molecule has 1 heterocycles. The van der Waals surface area contributed by atoms with Crippen molar-refractivity contribution < 1.29 is 33.9 Å². The van der Waals surface area contributed by atoms with Crippen LogP contribution in [0.25, 0.3) is 0 Å². The Morgan fingerprint density at radius 2 is 1.67 bits per heavy atom. The molecule has 39 heavy (non-hydrogen) atoms. The number of carbonyl (C=O) groups excluding carboxylic acids is 5. The predicted molar refractivity (Wildman–Crippen MR) is 144 cm³/mol. The highest BCUT2D eigenvalue weighted by atomic mass is 32.2. The second kappa shape index (κ2) is 15.7. The monoisotopic (exact) mass is 564 g/mol. The van der Waals surface area contributed by atoms with Crippen LogP contribution in [0.2, 0.25) is 0 Å². The maximum atomic E-state index is 13.5. The topological polar surface area (TPSA) is 214 Å². The summed E-state index contributed by atoms with van der Waals surface area (Å²) in [7, 11) is 0. The van der Waals surface area contributed by atoms with Crippen LogP contribution in [0, 0.1) is 0 Å². The van der Waals surface area contributed by atoms with Gasteiger partial charge in [-0.2, -0.15) is 11.8 Å². The van der Waals surface area contributed by atoms with E-state index in [-0.39, 0.29) is 25.9 Å². The first-order valence-electron chi connectivity index (χ1n) is 12.5. The van der Waals surface area contributed by atoms with Crippen LogP contribution in [-0.2, 0) is 35.2 Å². The molecule has 0 bridgehead atoms. The number of nitrogens with zero attached hydrogens (tertiary/aromatic N) is 1. The molecular formula is C25H36N6O7S. The fourth-order valence-electron chi connectivity index (χ4n) is 4.25. The van der Waals surface area contributed by atoms with Gasteiger partial charge in [0.25, 0.3) is 0 Å². The van der Waals surface area contributed by atoms with Crippen molar-refractivity contribution in [3.8, 4) is 0 Å². The molecule has 14 heteroatoms. The number of carbonyl (C=O) groups is 6. The van der Waals surface area contributed by atoms with Crippen LogP contribution in [0.3, 0.4) is 0 Å². The van der Waals surface area contributed by atoms with Gasteiger partial charge in [-0.05, 0) is 36.8 Å². The van der Waals surface area contributed by atoms with Crippen LogP contribution in [0.15, 0.2) is 30.3 Å². The van der Waals surface area contributed by atoms with Crippen LogP contribution >= 0.6 is 11.8 Å². The molecule has 1 fully saturated rings. The van der Waals surface area contributed by atoms with E-state index in [1.165, 1.54) is 16.7 Å². The van der Waals surface area contributed by atoms with Gasteiger partial charge in [0, 0.05) is 13.0 Å². The number of aliphatic carboxylic acids is 1. The molecule has 5 amide bonds. The van der Waals surface area contributed by atoms with E-state index in [0.29, 0.717) is 24.2 Å².